The average Bonchev–Trinajstić information content (AvgIpc) is 2.63. The van der Waals surface area contributed by atoms with Gasteiger partial charge in [0.1, 0.15) is 5.15 Å². The van der Waals surface area contributed by atoms with Crippen LogP contribution in [0.15, 0.2) is 30.5 Å². The Hall–Kier alpha value is -1.48. The van der Waals surface area contributed by atoms with Crippen LogP contribution in [0.5, 0.6) is 0 Å². The third-order valence-corrected chi connectivity index (χ3v) is 2.77. The summed E-state index contributed by atoms with van der Waals surface area (Å²) >= 11 is 5.80. The Labute approximate surface area is 100 Å². The van der Waals surface area contributed by atoms with Gasteiger partial charge in [-0.2, -0.15) is 0 Å². The number of hydrogen-bond donors (Lipinski definition) is 1. The Morgan fingerprint density at radius 1 is 1.38 bits per heavy atom. The predicted molar refractivity (Wildman–Crippen MR) is 66.7 cm³/mol. The molecule has 0 amide bonds. The maximum absolute atomic E-state index is 5.80. The Kier molecular flexibility index (Phi) is 3.15. The van der Waals surface area contributed by atoms with Crippen molar-refractivity contribution in [2.75, 3.05) is 5.32 Å². The lowest BCUT2D eigenvalue weighted by atomic mass is 10.3. The van der Waals surface area contributed by atoms with Gasteiger partial charge >= 0.3 is 0 Å². The van der Waals surface area contributed by atoms with Crippen molar-refractivity contribution in [2.24, 2.45) is 7.05 Å². The highest BCUT2D eigenvalue weighted by molar-refractivity contribution is 6.29. The summed E-state index contributed by atoms with van der Waals surface area (Å²) in [5.74, 6) is 0. The van der Waals surface area contributed by atoms with Crippen molar-refractivity contribution in [3.63, 3.8) is 0 Å². The fourth-order valence-electron chi connectivity index (χ4n) is 1.58. The molecule has 2 rings (SSSR count). The highest BCUT2D eigenvalue weighted by Gasteiger charge is 2.01. The van der Waals surface area contributed by atoms with Crippen molar-refractivity contribution >= 4 is 17.3 Å². The van der Waals surface area contributed by atoms with E-state index in [-0.39, 0.29) is 0 Å². The predicted octanol–water partition coefficient (Wildman–Crippen LogP) is 2.99. The Morgan fingerprint density at radius 2 is 2.19 bits per heavy atom. The molecule has 0 saturated carbocycles. The number of pyridine rings is 1. The van der Waals surface area contributed by atoms with Crippen LogP contribution in [0.2, 0.25) is 5.15 Å². The van der Waals surface area contributed by atoms with E-state index in [1.165, 1.54) is 5.69 Å². The average molecular weight is 236 g/mol. The molecule has 2 heterocycles. The summed E-state index contributed by atoms with van der Waals surface area (Å²) in [5, 5.41) is 3.87. The lowest BCUT2D eigenvalue weighted by Crippen LogP contribution is -2.05. The zero-order valence-corrected chi connectivity index (χ0v) is 10.1. The monoisotopic (exact) mass is 235 g/mol. The SMILES string of the molecule is Cc1nc(Cl)ccc1NCc1cccn1C. The van der Waals surface area contributed by atoms with Gasteiger partial charge in [-0.25, -0.2) is 4.98 Å². The highest BCUT2D eigenvalue weighted by Crippen LogP contribution is 2.16. The van der Waals surface area contributed by atoms with E-state index in [0.29, 0.717) is 5.15 Å². The van der Waals surface area contributed by atoms with Crippen molar-refractivity contribution in [3.8, 4) is 0 Å². The molecule has 0 aliphatic carbocycles. The minimum absolute atomic E-state index is 0.530. The van der Waals surface area contributed by atoms with Gasteiger partial charge in [0.25, 0.3) is 0 Å². The first-order chi connectivity index (χ1) is 7.66. The Balaban J connectivity index is 2.08. The third-order valence-electron chi connectivity index (χ3n) is 2.56. The maximum Gasteiger partial charge on any atom is 0.129 e. The summed E-state index contributed by atoms with van der Waals surface area (Å²) in [6.07, 6.45) is 2.03. The molecule has 0 fully saturated rings. The summed E-state index contributed by atoms with van der Waals surface area (Å²) in [6.45, 7) is 2.73. The van der Waals surface area contributed by atoms with E-state index < -0.39 is 0 Å². The lowest BCUT2D eigenvalue weighted by molar-refractivity contribution is 0.841. The van der Waals surface area contributed by atoms with E-state index in [1.807, 2.05) is 32.3 Å². The molecule has 0 unspecified atom stereocenters. The molecule has 0 aromatic carbocycles. The number of rotatable bonds is 3. The smallest absolute Gasteiger partial charge is 0.129 e. The van der Waals surface area contributed by atoms with Gasteiger partial charge in [0.05, 0.1) is 17.9 Å². The minimum Gasteiger partial charge on any atom is -0.378 e. The first-order valence-corrected chi connectivity index (χ1v) is 5.52. The first kappa shape index (κ1) is 11.0. The van der Waals surface area contributed by atoms with Gasteiger partial charge in [-0.1, -0.05) is 11.6 Å². The number of halogens is 1. The number of nitrogens with zero attached hydrogens (tertiary/aromatic N) is 2. The van der Waals surface area contributed by atoms with Crippen LogP contribution >= 0.6 is 11.6 Å². The summed E-state index contributed by atoms with van der Waals surface area (Å²) in [7, 11) is 2.03. The molecule has 1 N–H and O–H groups in total. The molecule has 84 valence electrons. The van der Waals surface area contributed by atoms with Crippen molar-refractivity contribution in [1.29, 1.82) is 0 Å². The van der Waals surface area contributed by atoms with Gasteiger partial charge in [-0.05, 0) is 31.2 Å². The van der Waals surface area contributed by atoms with Crippen LogP contribution in [0.25, 0.3) is 0 Å². The number of nitrogens with one attached hydrogen (secondary N) is 1. The third kappa shape index (κ3) is 2.36. The molecule has 2 aromatic rings. The number of aryl methyl sites for hydroxylation is 2. The van der Waals surface area contributed by atoms with E-state index in [0.717, 1.165) is 17.9 Å². The van der Waals surface area contributed by atoms with Crippen LogP contribution < -0.4 is 5.32 Å². The van der Waals surface area contributed by atoms with Crippen molar-refractivity contribution < 1.29 is 0 Å². The van der Waals surface area contributed by atoms with Crippen LogP contribution in [0.3, 0.4) is 0 Å². The molecule has 0 aliphatic heterocycles. The normalized spacial score (nSPS) is 10.4. The topological polar surface area (TPSA) is 29.9 Å². The van der Waals surface area contributed by atoms with Crippen LogP contribution in [-0.2, 0) is 13.6 Å². The van der Waals surface area contributed by atoms with Gasteiger partial charge in [-0.15, -0.1) is 0 Å². The van der Waals surface area contributed by atoms with Crippen molar-refractivity contribution in [2.45, 2.75) is 13.5 Å². The summed E-state index contributed by atoms with van der Waals surface area (Å²) in [6, 6.07) is 7.87. The van der Waals surface area contributed by atoms with Crippen molar-refractivity contribution in [3.05, 3.63) is 47.0 Å². The zero-order chi connectivity index (χ0) is 11.5. The standard InChI is InChI=1S/C12H14ClN3/c1-9-11(5-6-12(13)15-9)14-8-10-4-3-7-16(10)2/h3-7,14H,8H2,1-2H3. The van der Waals surface area contributed by atoms with Gasteiger partial charge in [-0.3, -0.25) is 0 Å². The molecule has 2 aromatic heterocycles. The van der Waals surface area contributed by atoms with E-state index >= 15 is 0 Å². The second-order valence-electron chi connectivity index (χ2n) is 3.73. The molecule has 0 saturated heterocycles. The van der Waals surface area contributed by atoms with Crippen LogP contribution in [0.1, 0.15) is 11.4 Å². The quantitative estimate of drug-likeness (QED) is 0.829. The summed E-state index contributed by atoms with van der Waals surface area (Å²) in [5.41, 5.74) is 3.17. The minimum atomic E-state index is 0.530. The number of anilines is 1. The second-order valence-corrected chi connectivity index (χ2v) is 4.12. The molecular formula is C12H14ClN3. The van der Waals surface area contributed by atoms with Crippen LogP contribution in [0.4, 0.5) is 5.69 Å². The van der Waals surface area contributed by atoms with Gasteiger partial charge < -0.3 is 9.88 Å². The van der Waals surface area contributed by atoms with E-state index in [9.17, 15) is 0 Å². The van der Waals surface area contributed by atoms with Crippen LogP contribution in [0, 0.1) is 6.92 Å². The van der Waals surface area contributed by atoms with E-state index in [1.54, 1.807) is 6.07 Å². The second kappa shape index (κ2) is 4.58. The van der Waals surface area contributed by atoms with E-state index in [2.05, 4.69) is 20.9 Å². The van der Waals surface area contributed by atoms with Crippen LogP contribution in [-0.4, -0.2) is 9.55 Å². The molecule has 0 atom stereocenters. The molecular weight excluding hydrogens is 222 g/mol. The van der Waals surface area contributed by atoms with Gasteiger partial charge in [0.15, 0.2) is 0 Å². The molecule has 16 heavy (non-hydrogen) atoms. The zero-order valence-electron chi connectivity index (χ0n) is 9.37. The molecule has 0 bridgehead atoms. The number of aromatic nitrogens is 2. The fourth-order valence-corrected chi connectivity index (χ4v) is 1.77. The fraction of sp³-hybridized carbons (Fsp3) is 0.250. The maximum atomic E-state index is 5.80. The Bertz CT molecular complexity index is 491. The largest absolute Gasteiger partial charge is 0.378 e. The van der Waals surface area contributed by atoms with Crippen molar-refractivity contribution in [1.82, 2.24) is 9.55 Å². The molecule has 0 radical (unpaired) electrons. The number of hydrogen-bond acceptors (Lipinski definition) is 2. The molecule has 0 aliphatic rings. The summed E-state index contributed by atoms with van der Waals surface area (Å²) in [4.78, 5) is 4.19. The molecule has 0 spiro atoms. The van der Waals surface area contributed by atoms with Gasteiger partial charge in [0, 0.05) is 18.9 Å². The van der Waals surface area contributed by atoms with E-state index in [4.69, 9.17) is 11.6 Å². The molecule has 4 heteroatoms. The first-order valence-electron chi connectivity index (χ1n) is 5.14. The summed E-state index contributed by atoms with van der Waals surface area (Å²) < 4.78 is 2.09. The molecule has 3 nitrogen and oxygen atoms in total. The van der Waals surface area contributed by atoms with Gasteiger partial charge in [0.2, 0.25) is 0 Å². The Morgan fingerprint density at radius 3 is 2.81 bits per heavy atom. The lowest BCUT2D eigenvalue weighted by Gasteiger charge is -2.09. The highest BCUT2D eigenvalue weighted by atomic mass is 35.5.